The monoisotopic (exact) mass is 327 g/mol. The molecular weight excluding hydrogens is 306 g/mol. The zero-order chi connectivity index (χ0) is 16.1. The van der Waals surface area contributed by atoms with Gasteiger partial charge in [0, 0.05) is 11.4 Å². The van der Waals surface area contributed by atoms with E-state index in [0.717, 1.165) is 21.8 Å². The highest BCUT2D eigenvalue weighted by Gasteiger charge is 2.27. The van der Waals surface area contributed by atoms with E-state index < -0.39 is 0 Å². The van der Waals surface area contributed by atoms with Crippen LogP contribution >= 0.6 is 11.8 Å². The highest BCUT2D eigenvalue weighted by molar-refractivity contribution is 7.99. The zero-order valence-electron chi connectivity index (χ0n) is 13.3. The van der Waals surface area contributed by atoms with Gasteiger partial charge >= 0.3 is 0 Å². The molecule has 1 amide bonds. The molecule has 0 saturated carbocycles. The first-order valence-electron chi connectivity index (χ1n) is 7.97. The fraction of sp³-hybridized carbons (Fsp3) is 0.316. The van der Waals surface area contributed by atoms with Crippen molar-refractivity contribution in [2.24, 2.45) is 0 Å². The van der Waals surface area contributed by atoms with Crippen molar-refractivity contribution in [1.82, 2.24) is 4.90 Å². The van der Waals surface area contributed by atoms with Gasteiger partial charge in [-0.05, 0) is 23.4 Å². The van der Waals surface area contributed by atoms with Gasteiger partial charge in [-0.3, -0.25) is 4.79 Å². The van der Waals surface area contributed by atoms with Gasteiger partial charge in [-0.25, -0.2) is 0 Å². The average molecular weight is 327 g/mol. The molecule has 2 aromatic rings. The van der Waals surface area contributed by atoms with Crippen molar-refractivity contribution < 1.29 is 9.53 Å². The third-order valence-corrected chi connectivity index (χ3v) is 4.90. The molecule has 23 heavy (non-hydrogen) atoms. The minimum atomic E-state index is -0.0418. The van der Waals surface area contributed by atoms with Crippen LogP contribution in [-0.2, 0) is 4.74 Å². The summed E-state index contributed by atoms with van der Waals surface area (Å²) in [6, 6.07) is 18.0. The van der Waals surface area contributed by atoms with Crippen molar-refractivity contribution in [1.29, 1.82) is 0 Å². The first-order chi connectivity index (χ1) is 11.3. The summed E-state index contributed by atoms with van der Waals surface area (Å²) in [6.45, 7) is 3.93. The number of morpholine rings is 1. The van der Waals surface area contributed by atoms with Crippen LogP contribution in [0.2, 0.25) is 0 Å². The number of thioether (sulfide) groups is 1. The van der Waals surface area contributed by atoms with Crippen molar-refractivity contribution in [2.45, 2.75) is 17.9 Å². The summed E-state index contributed by atoms with van der Waals surface area (Å²) in [5.41, 5.74) is 1.93. The van der Waals surface area contributed by atoms with E-state index in [-0.39, 0.29) is 12.0 Å². The van der Waals surface area contributed by atoms with Gasteiger partial charge in [-0.2, -0.15) is 0 Å². The quantitative estimate of drug-likeness (QED) is 0.795. The number of hydrogen-bond acceptors (Lipinski definition) is 3. The van der Waals surface area contributed by atoms with Crippen LogP contribution in [0.4, 0.5) is 0 Å². The molecule has 0 aromatic heterocycles. The van der Waals surface area contributed by atoms with Crippen LogP contribution in [0.1, 0.15) is 28.9 Å². The lowest BCUT2D eigenvalue weighted by Crippen LogP contribution is -2.42. The normalized spacial score (nSPS) is 18.0. The third kappa shape index (κ3) is 3.77. The predicted octanol–water partition coefficient (Wildman–Crippen LogP) is 4.01. The van der Waals surface area contributed by atoms with Gasteiger partial charge in [0.2, 0.25) is 0 Å². The molecule has 1 aliphatic heterocycles. The molecule has 3 rings (SSSR count). The molecule has 1 heterocycles. The first kappa shape index (κ1) is 16.1. The summed E-state index contributed by atoms with van der Waals surface area (Å²) in [6.07, 6.45) is -0.0418. The Morgan fingerprint density at radius 2 is 1.91 bits per heavy atom. The largest absolute Gasteiger partial charge is 0.370 e. The number of ether oxygens (including phenoxy) is 1. The lowest BCUT2D eigenvalue weighted by molar-refractivity contribution is -0.0229. The third-order valence-electron chi connectivity index (χ3n) is 3.94. The summed E-state index contributed by atoms with van der Waals surface area (Å²) in [5, 5.41) is 0. The maximum absolute atomic E-state index is 12.9. The van der Waals surface area contributed by atoms with E-state index >= 15 is 0 Å². The number of nitrogens with zero attached hydrogens (tertiary/aromatic N) is 1. The SMILES string of the molecule is CCSc1ccccc1C(=O)N1CCOC(c2ccccc2)C1. The summed E-state index contributed by atoms with van der Waals surface area (Å²) >= 11 is 1.71. The maximum Gasteiger partial charge on any atom is 0.255 e. The Morgan fingerprint density at radius 3 is 2.70 bits per heavy atom. The lowest BCUT2D eigenvalue weighted by Gasteiger charge is -2.33. The van der Waals surface area contributed by atoms with Gasteiger partial charge in [-0.1, -0.05) is 49.4 Å². The number of carbonyl (C=O) groups excluding carboxylic acids is 1. The molecular formula is C19H21NO2S. The number of benzene rings is 2. The van der Waals surface area contributed by atoms with Crippen molar-refractivity contribution in [3.63, 3.8) is 0 Å². The second kappa shape index (κ2) is 7.66. The van der Waals surface area contributed by atoms with Crippen molar-refractivity contribution in [2.75, 3.05) is 25.4 Å². The standard InChI is InChI=1S/C19H21NO2S/c1-2-23-18-11-7-6-10-16(18)19(21)20-12-13-22-17(14-20)15-8-4-3-5-9-15/h3-11,17H,2,12-14H2,1H3. The van der Waals surface area contributed by atoms with Gasteiger partial charge in [0.05, 0.1) is 18.7 Å². The molecule has 0 bridgehead atoms. The van der Waals surface area contributed by atoms with E-state index in [1.807, 2.05) is 47.4 Å². The molecule has 0 spiro atoms. The van der Waals surface area contributed by atoms with Gasteiger partial charge in [0.1, 0.15) is 6.10 Å². The Balaban J connectivity index is 1.77. The average Bonchev–Trinajstić information content (AvgIpc) is 2.63. The highest BCUT2D eigenvalue weighted by atomic mass is 32.2. The van der Waals surface area contributed by atoms with E-state index in [2.05, 4.69) is 19.1 Å². The summed E-state index contributed by atoms with van der Waals surface area (Å²) in [5.74, 6) is 1.06. The van der Waals surface area contributed by atoms with Crippen molar-refractivity contribution in [3.8, 4) is 0 Å². The summed E-state index contributed by atoms with van der Waals surface area (Å²) < 4.78 is 5.86. The molecule has 0 N–H and O–H groups in total. The van der Waals surface area contributed by atoms with Crippen LogP contribution in [0.25, 0.3) is 0 Å². The fourth-order valence-corrected chi connectivity index (χ4v) is 3.59. The number of rotatable bonds is 4. The van der Waals surface area contributed by atoms with Crippen LogP contribution in [0.15, 0.2) is 59.5 Å². The Labute approximate surface area is 141 Å². The molecule has 1 aliphatic rings. The van der Waals surface area contributed by atoms with E-state index in [0.29, 0.717) is 19.7 Å². The van der Waals surface area contributed by atoms with Crippen LogP contribution in [-0.4, -0.2) is 36.3 Å². The van der Waals surface area contributed by atoms with Crippen molar-refractivity contribution >= 4 is 17.7 Å². The zero-order valence-corrected chi connectivity index (χ0v) is 14.1. The van der Waals surface area contributed by atoms with Gasteiger partial charge < -0.3 is 9.64 Å². The fourth-order valence-electron chi connectivity index (χ4n) is 2.80. The van der Waals surface area contributed by atoms with Gasteiger partial charge in [0.15, 0.2) is 0 Å². The van der Waals surface area contributed by atoms with Gasteiger partial charge in [0.25, 0.3) is 5.91 Å². The smallest absolute Gasteiger partial charge is 0.255 e. The van der Waals surface area contributed by atoms with E-state index in [9.17, 15) is 4.79 Å². The van der Waals surface area contributed by atoms with Crippen LogP contribution in [0.5, 0.6) is 0 Å². The topological polar surface area (TPSA) is 29.5 Å². The number of amides is 1. The molecule has 1 fully saturated rings. The minimum absolute atomic E-state index is 0.0418. The number of carbonyl (C=O) groups is 1. The molecule has 1 atom stereocenters. The summed E-state index contributed by atoms with van der Waals surface area (Å²) in [4.78, 5) is 15.9. The van der Waals surface area contributed by atoms with Crippen LogP contribution in [0, 0.1) is 0 Å². The van der Waals surface area contributed by atoms with Crippen molar-refractivity contribution in [3.05, 3.63) is 65.7 Å². The van der Waals surface area contributed by atoms with E-state index in [4.69, 9.17) is 4.74 Å². The van der Waals surface area contributed by atoms with E-state index in [1.54, 1.807) is 11.8 Å². The highest BCUT2D eigenvalue weighted by Crippen LogP contribution is 2.27. The Morgan fingerprint density at radius 1 is 1.17 bits per heavy atom. The molecule has 4 heteroatoms. The summed E-state index contributed by atoms with van der Waals surface area (Å²) in [7, 11) is 0. The molecule has 1 saturated heterocycles. The van der Waals surface area contributed by atoms with Gasteiger partial charge in [-0.15, -0.1) is 11.8 Å². The Hall–Kier alpha value is -1.78. The molecule has 1 unspecified atom stereocenters. The van der Waals surface area contributed by atoms with E-state index in [1.165, 1.54) is 0 Å². The van der Waals surface area contributed by atoms with Crippen LogP contribution < -0.4 is 0 Å². The molecule has 0 aliphatic carbocycles. The number of hydrogen-bond donors (Lipinski definition) is 0. The Kier molecular flexibility index (Phi) is 5.36. The second-order valence-electron chi connectivity index (χ2n) is 5.45. The maximum atomic E-state index is 12.9. The predicted molar refractivity (Wildman–Crippen MR) is 93.9 cm³/mol. The molecule has 0 radical (unpaired) electrons. The lowest BCUT2D eigenvalue weighted by atomic mass is 10.1. The molecule has 120 valence electrons. The molecule has 2 aromatic carbocycles. The van der Waals surface area contributed by atoms with Crippen LogP contribution in [0.3, 0.4) is 0 Å². The Bertz CT molecular complexity index is 659. The first-order valence-corrected chi connectivity index (χ1v) is 8.96. The minimum Gasteiger partial charge on any atom is -0.370 e. The second-order valence-corrected chi connectivity index (χ2v) is 6.76. The molecule has 3 nitrogen and oxygen atoms in total.